The average Bonchev–Trinajstić information content (AvgIpc) is 1.99. The van der Waals surface area contributed by atoms with Crippen LogP contribution in [0.1, 0.15) is 47.5 Å². The Balaban J connectivity index is 4.43. The van der Waals surface area contributed by atoms with Crippen molar-refractivity contribution in [2.45, 2.75) is 47.5 Å². The number of carbonyl (C=O) groups is 2. The zero-order valence-corrected chi connectivity index (χ0v) is 9.31. The molecule has 0 radical (unpaired) electrons. The quantitative estimate of drug-likeness (QED) is 0.658. The van der Waals surface area contributed by atoms with Gasteiger partial charge in [0.1, 0.15) is 11.6 Å². The summed E-state index contributed by atoms with van der Waals surface area (Å²) in [7, 11) is 0. The summed E-state index contributed by atoms with van der Waals surface area (Å²) in [6.07, 6.45) is 1.18. The summed E-state index contributed by atoms with van der Waals surface area (Å²) < 4.78 is 0. The molecular formula is C11H20O2. The van der Waals surface area contributed by atoms with Crippen molar-refractivity contribution in [2.24, 2.45) is 11.3 Å². The fourth-order valence-corrected chi connectivity index (χ4v) is 1.31. The first-order chi connectivity index (χ1) is 5.80. The van der Waals surface area contributed by atoms with E-state index < -0.39 is 0 Å². The number of rotatable bonds is 5. The number of hydrogen-bond donors (Lipinski definition) is 0. The zero-order valence-electron chi connectivity index (χ0n) is 9.31. The third kappa shape index (κ3) is 3.29. The maximum Gasteiger partial charge on any atom is 0.135 e. The Kier molecular flexibility index (Phi) is 4.31. The van der Waals surface area contributed by atoms with Crippen molar-refractivity contribution in [3.63, 3.8) is 0 Å². The molecule has 0 amide bonds. The van der Waals surface area contributed by atoms with E-state index in [1.54, 1.807) is 13.8 Å². The van der Waals surface area contributed by atoms with Crippen molar-refractivity contribution >= 4 is 11.6 Å². The van der Waals surface area contributed by atoms with E-state index in [0.717, 1.165) is 0 Å². The molecule has 0 bridgehead atoms. The van der Waals surface area contributed by atoms with Crippen molar-refractivity contribution in [2.75, 3.05) is 0 Å². The number of hydrogen-bond acceptors (Lipinski definition) is 2. The summed E-state index contributed by atoms with van der Waals surface area (Å²) in [6.45, 7) is 9.19. The Morgan fingerprint density at radius 2 is 1.69 bits per heavy atom. The molecule has 1 atom stereocenters. The van der Waals surface area contributed by atoms with E-state index in [4.69, 9.17) is 0 Å². The lowest BCUT2D eigenvalue weighted by Crippen LogP contribution is -2.31. The minimum Gasteiger partial charge on any atom is -0.300 e. The summed E-state index contributed by atoms with van der Waals surface area (Å²) in [5.74, 6) is 0.640. The molecule has 13 heavy (non-hydrogen) atoms. The molecule has 0 rings (SSSR count). The molecule has 1 unspecified atom stereocenters. The summed E-state index contributed by atoms with van der Waals surface area (Å²) in [6, 6.07) is 0. The van der Waals surface area contributed by atoms with Gasteiger partial charge in [0.05, 0.1) is 0 Å². The maximum absolute atomic E-state index is 11.4. The normalized spacial score (nSPS) is 15.5. The minimum absolute atomic E-state index is 0.160. The molecule has 0 aromatic carbocycles. The van der Waals surface area contributed by atoms with Crippen molar-refractivity contribution in [3.8, 4) is 0 Å². The molecule has 2 nitrogen and oxygen atoms in total. The molecule has 0 aliphatic rings. The third-order valence-corrected chi connectivity index (χ3v) is 3.07. The van der Waals surface area contributed by atoms with Crippen LogP contribution in [-0.4, -0.2) is 11.6 Å². The minimum atomic E-state index is -0.328. The van der Waals surface area contributed by atoms with Gasteiger partial charge >= 0.3 is 0 Å². The Labute approximate surface area is 80.7 Å². The Hall–Kier alpha value is -0.660. The van der Waals surface area contributed by atoms with Gasteiger partial charge in [-0.3, -0.25) is 4.79 Å². The van der Waals surface area contributed by atoms with E-state index in [-0.39, 0.29) is 17.0 Å². The summed E-state index contributed by atoms with van der Waals surface area (Å²) >= 11 is 0. The molecule has 76 valence electrons. The van der Waals surface area contributed by atoms with E-state index in [0.29, 0.717) is 18.8 Å². The van der Waals surface area contributed by atoms with Crippen LogP contribution in [0.4, 0.5) is 0 Å². The number of carbonyl (C=O) groups excluding carboxylic acids is 2. The lowest BCUT2D eigenvalue weighted by molar-refractivity contribution is -0.129. The van der Waals surface area contributed by atoms with Gasteiger partial charge in [0.2, 0.25) is 0 Å². The molecule has 0 aliphatic carbocycles. The summed E-state index contributed by atoms with van der Waals surface area (Å²) in [5.41, 5.74) is -0.328. The standard InChI is InChI=1S/C11H20O2/c1-8(2)11(5,10(4)13)7-6-9(3)12/h8H,6-7H2,1-5H3. The van der Waals surface area contributed by atoms with E-state index in [1.165, 1.54) is 0 Å². The van der Waals surface area contributed by atoms with E-state index in [9.17, 15) is 9.59 Å². The van der Waals surface area contributed by atoms with Crippen molar-refractivity contribution < 1.29 is 9.59 Å². The summed E-state index contributed by atoms with van der Waals surface area (Å²) in [4.78, 5) is 22.2. The first-order valence-corrected chi connectivity index (χ1v) is 4.81. The topological polar surface area (TPSA) is 34.1 Å². The van der Waals surface area contributed by atoms with Crippen LogP contribution in [0.25, 0.3) is 0 Å². The van der Waals surface area contributed by atoms with Crippen LogP contribution < -0.4 is 0 Å². The highest BCUT2D eigenvalue weighted by Gasteiger charge is 2.33. The SMILES string of the molecule is CC(=O)CCC(C)(C(C)=O)C(C)C. The number of Topliss-reactive ketones (excluding diaryl/α,β-unsaturated/α-hetero) is 2. The molecule has 0 saturated heterocycles. The first-order valence-electron chi connectivity index (χ1n) is 4.81. The third-order valence-electron chi connectivity index (χ3n) is 3.07. The molecule has 0 aromatic heterocycles. The van der Waals surface area contributed by atoms with Gasteiger partial charge in [-0.1, -0.05) is 20.8 Å². The molecule has 2 heteroatoms. The maximum atomic E-state index is 11.4. The number of ketones is 2. The molecule has 0 N–H and O–H groups in total. The fourth-order valence-electron chi connectivity index (χ4n) is 1.31. The van der Waals surface area contributed by atoms with Crippen LogP contribution in [0.5, 0.6) is 0 Å². The largest absolute Gasteiger partial charge is 0.300 e. The molecule has 0 spiro atoms. The Bertz CT molecular complexity index is 206. The lowest BCUT2D eigenvalue weighted by Gasteiger charge is -2.30. The van der Waals surface area contributed by atoms with Gasteiger partial charge in [-0.15, -0.1) is 0 Å². The van der Waals surface area contributed by atoms with Gasteiger partial charge < -0.3 is 4.79 Å². The van der Waals surface area contributed by atoms with E-state index in [1.807, 2.05) is 20.8 Å². The molecule has 0 fully saturated rings. The average molecular weight is 184 g/mol. The highest BCUT2D eigenvalue weighted by Crippen LogP contribution is 2.33. The Morgan fingerprint density at radius 1 is 1.23 bits per heavy atom. The van der Waals surface area contributed by atoms with Crippen LogP contribution in [0, 0.1) is 11.3 Å². The van der Waals surface area contributed by atoms with Crippen molar-refractivity contribution in [1.29, 1.82) is 0 Å². The second-order valence-corrected chi connectivity index (χ2v) is 4.33. The van der Waals surface area contributed by atoms with Gasteiger partial charge in [-0.25, -0.2) is 0 Å². The highest BCUT2D eigenvalue weighted by molar-refractivity contribution is 5.83. The second kappa shape index (κ2) is 4.54. The van der Waals surface area contributed by atoms with Gasteiger partial charge in [-0.05, 0) is 26.2 Å². The van der Waals surface area contributed by atoms with Crippen LogP contribution in [0.15, 0.2) is 0 Å². The fraction of sp³-hybridized carbons (Fsp3) is 0.818. The van der Waals surface area contributed by atoms with Crippen molar-refractivity contribution in [1.82, 2.24) is 0 Å². The van der Waals surface area contributed by atoms with Crippen LogP contribution in [0.2, 0.25) is 0 Å². The monoisotopic (exact) mass is 184 g/mol. The predicted molar refractivity (Wildman–Crippen MR) is 53.5 cm³/mol. The van der Waals surface area contributed by atoms with E-state index >= 15 is 0 Å². The predicted octanol–water partition coefficient (Wildman–Crippen LogP) is 2.61. The molecule has 0 heterocycles. The smallest absolute Gasteiger partial charge is 0.135 e. The van der Waals surface area contributed by atoms with Gasteiger partial charge in [0.15, 0.2) is 0 Å². The summed E-state index contributed by atoms with van der Waals surface area (Å²) in [5, 5.41) is 0. The Morgan fingerprint density at radius 3 is 1.92 bits per heavy atom. The van der Waals surface area contributed by atoms with Gasteiger partial charge in [-0.2, -0.15) is 0 Å². The van der Waals surface area contributed by atoms with Gasteiger partial charge in [0, 0.05) is 11.8 Å². The molecular weight excluding hydrogens is 164 g/mol. The van der Waals surface area contributed by atoms with Crippen molar-refractivity contribution in [3.05, 3.63) is 0 Å². The van der Waals surface area contributed by atoms with E-state index in [2.05, 4.69) is 0 Å². The van der Waals surface area contributed by atoms with Crippen LogP contribution in [-0.2, 0) is 9.59 Å². The first kappa shape index (κ1) is 12.3. The molecule has 0 aromatic rings. The second-order valence-electron chi connectivity index (χ2n) is 4.33. The zero-order chi connectivity index (χ0) is 10.6. The van der Waals surface area contributed by atoms with Gasteiger partial charge in [0.25, 0.3) is 0 Å². The highest BCUT2D eigenvalue weighted by atomic mass is 16.1. The molecule has 0 saturated carbocycles. The van der Waals surface area contributed by atoms with Crippen LogP contribution in [0.3, 0.4) is 0 Å². The molecule has 0 aliphatic heterocycles. The lowest BCUT2D eigenvalue weighted by atomic mass is 9.72. The van der Waals surface area contributed by atoms with Crippen LogP contribution >= 0.6 is 0 Å².